The molecule has 0 fully saturated rings. The number of nitrogens with one attached hydrogen (secondary N) is 1. The van der Waals surface area contributed by atoms with Crippen LogP contribution in [0, 0.1) is 5.82 Å². The van der Waals surface area contributed by atoms with Crippen LogP contribution in [-0.4, -0.2) is 4.98 Å². The zero-order valence-corrected chi connectivity index (χ0v) is 8.14. The number of hydrogen-bond donors (Lipinski definition) is 1. The normalized spacial score (nSPS) is 14.5. The number of benzene rings is 1. The van der Waals surface area contributed by atoms with Gasteiger partial charge in [-0.1, -0.05) is 0 Å². The molecular weight excluding hydrogens is 193 g/mol. The Balaban J connectivity index is 2.46. The van der Waals surface area contributed by atoms with Crippen LogP contribution in [0.4, 0.5) is 4.39 Å². The summed E-state index contributed by atoms with van der Waals surface area (Å²) in [5, 5.41) is 0.594. The van der Waals surface area contributed by atoms with Gasteiger partial charge in [-0.05, 0) is 37.5 Å². The highest BCUT2D eigenvalue weighted by atomic mass is 19.1. The summed E-state index contributed by atoms with van der Waals surface area (Å²) in [7, 11) is 0. The number of pyridine rings is 1. The number of fused-ring (bicyclic) bond motifs is 2. The summed E-state index contributed by atoms with van der Waals surface area (Å²) in [5.41, 5.74) is 2.55. The Morgan fingerprint density at radius 1 is 1.27 bits per heavy atom. The van der Waals surface area contributed by atoms with E-state index in [1.165, 1.54) is 12.1 Å². The van der Waals surface area contributed by atoms with Crippen LogP contribution in [0.25, 0.3) is 10.9 Å². The van der Waals surface area contributed by atoms with Crippen LogP contribution >= 0.6 is 0 Å². The SMILES string of the molecule is O=c1c2c([nH]c3cc(F)ccc13)CCC2. The molecule has 2 nitrogen and oxygen atoms in total. The minimum absolute atomic E-state index is 0.0660. The Bertz CT molecular complexity index is 600. The lowest BCUT2D eigenvalue weighted by molar-refractivity contribution is 0.629. The fourth-order valence-electron chi connectivity index (χ4n) is 2.28. The maximum atomic E-state index is 13.0. The predicted molar refractivity (Wildman–Crippen MR) is 56.6 cm³/mol. The van der Waals surface area contributed by atoms with E-state index in [1.54, 1.807) is 6.07 Å². The minimum Gasteiger partial charge on any atom is -0.358 e. The molecular formula is C12H10FNO. The number of aryl methyl sites for hydroxylation is 1. The largest absolute Gasteiger partial charge is 0.358 e. The summed E-state index contributed by atoms with van der Waals surface area (Å²) in [6.07, 6.45) is 2.76. The first-order valence-electron chi connectivity index (χ1n) is 5.09. The van der Waals surface area contributed by atoms with Crippen LogP contribution < -0.4 is 5.43 Å². The smallest absolute Gasteiger partial charge is 0.192 e. The van der Waals surface area contributed by atoms with E-state index in [1.807, 2.05) is 0 Å². The number of hydrogen-bond acceptors (Lipinski definition) is 1. The van der Waals surface area contributed by atoms with Crippen LogP contribution in [0.1, 0.15) is 17.7 Å². The molecule has 1 aliphatic rings. The molecule has 3 rings (SSSR count). The lowest BCUT2D eigenvalue weighted by Crippen LogP contribution is -2.10. The molecule has 0 unspecified atom stereocenters. The van der Waals surface area contributed by atoms with Gasteiger partial charge in [-0.2, -0.15) is 0 Å². The summed E-state index contributed by atoms with van der Waals surface area (Å²) in [6, 6.07) is 4.27. The molecule has 76 valence electrons. The van der Waals surface area contributed by atoms with Crippen molar-refractivity contribution in [2.45, 2.75) is 19.3 Å². The number of rotatable bonds is 0. The van der Waals surface area contributed by atoms with Gasteiger partial charge in [0.1, 0.15) is 5.82 Å². The highest BCUT2D eigenvalue weighted by Crippen LogP contribution is 2.20. The maximum absolute atomic E-state index is 13.0. The molecule has 15 heavy (non-hydrogen) atoms. The highest BCUT2D eigenvalue weighted by molar-refractivity contribution is 5.79. The summed E-state index contributed by atoms with van der Waals surface area (Å²) < 4.78 is 13.0. The van der Waals surface area contributed by atoms with Crippen molar-refractivity contribution in [2.24, 2.45) is 0 Å². The first-order valence-corrected chi connectivity index (χ1v) is 5.09. The Kier molecular flexibility index (Phi) is 1.69. The van der Waals surface area contributed by atoms with E-state index >= 15 is 0 Å². The van der Waals surface area contributed by atoms with Gasteiger partial charge in [-0.15, -0.1) is 0 Å². The third-order valence-corrected chi connectivity index (χ3v) is 3.00. The van der Waals surface area contributed by atoms with Crippen LogP contribution in [-0.2, 0) is 12.8 Å². The Morgan fingerprint density at radius 2 is 2.13 bits per heavy atom. The molecule has 1 aliphatic carbocycles. The van der Waals surface area contributed by atoms with Crippen LogP contribution in [0.5, 0.6) is 0 Å². The van der Waals surface area contributed by atoms with Gasteiger partial charge in [0.05, 0.1) is 5.52 Å². The van der Waals surface area contributed by atoms with Gasteiger partial charge in [0.2, 0.25) is 0 Å². The Hall–Kier alpha value is -1.64. The van der Waals surface area contributed by atoms with Crippen molar-refractivity contribution in [2.75, 3.05) is 0 Å². The summed E-state index contributed by atoms with van der Waals surface area (Å²) in [6.45, 7) is 0. The second-order valence-electron chi connectivity index (χ2n) is 3.95. The number of aromatic amines is 1. The molecule has 1 aromatic carbocycles. The molecule has 0 radical (unpaired) electrons. The molecule has 1 heterocycles. The van der Waals surface area contributed by atoms with Crippen molar-refractivity contribution in [3.05, 3.63) is 45.5 Å². The molecule has 0 saturated heterocycles. The first kappa shape index (κ1) is 8.65. The summed E-state index contributed by atoms with van der Waals surface area (Å²) in [4.78, 5) is 15.1. The molecule has 0 bridgehead atoms. The summed E-state index contributed by atoms with van der Waals surface area (Å²) >= 11 is 0. The van der Waals surface area contributed by atoms with Gasteiger partial charge in [-0.3, -0.25) is 4.79 Å². The second-order valence-corrected chi connectivity index (χ2v) is 3.95. The molecule has 1 aromatic heterocycles. The van der Waals surface area contributed by atoms with Crippen molar-refractivity contribution < 1.29 is 4.39 Å². The maximum Gasteiger partial charge on any atom is 0.192 e. The van der Waals surface area contributed by atoms with E-state index in [0.29, 0.717) is 10.9 Å². The second kappa shape index (κ2) is 2.92. The fourth-order valence-corrected chi connectivity index (χ4v) is 2.28. The first-order chi connectivity index (χ1) is 7.25. The Morgan fingerprint density at radius 3 is 3.00 bits per heavy atom. The van der Waals surface area contributed by atoms with Gasteiger partial charge >= 0.3 is 0 Å². The van der Waals surface area contributed by atoms with E-state index in [0.717, 1.165) is 30.5 Å². The predicted octanol–water partition coefficient (Wildman–Crippen LogP) is 2.16. The standard InChI is InChI=1S/C12H10FNO/c13-7-4-5-9-11(6-7)14-10-3-1-2-8(10)12(9)15/h4-6H,1-3H2,(H,14,15). The minimum atomic E-state index is -0.309. The van der Waals surface area contributed by atoms with Crippen molar-refractivity contribution in [1.82, 2.24) is 4.98 Å². The van der Waals surface area contributed by atoms with E-state index in [-0.39, 0.29) is 11.2 Å². The van der Waals surface area contributed by atoms with Crippen LogP contribution in [0.15, 0.2) is 23.0 Å². The average Bonchev–Trinajstić information content (AvgIpc) is 2.65. The Labute approximate surface area is 85.7 Å². The van der Waals surface area contributed by atoms with E-state index < -0.39 is 0 Å². The molecule has 0 aliphatic heterocycles. The van der Waals surface area contributed by atoms with Gasteiger partial charge in [0.25, 0.3) is 0 Å². The number of halogens is 1. The van der Waals surface area contributed by atoms with Gasteiger partial charge < -0.3 is 4.98 Å². The molecule has 3 heteroatoms. The number of H-pyrrole nitrogens is 1. The zero-order valence-electron chi connectivity index (χ0n) is 8.14. The monoisotopic (exact) mass is 203 g/mol. The van der Waals surface area contributed by atoms with E-state index in [9.17, 15) is 9.18 Å². The molecule has 0 saturated carbocycles. The number of aromatic nitrogens is 1. The summed E-state index contributed by atoms with van der Waals surface area (Å²) in [5.74, 6) is -0.309. The van der Waals surface area contributed by atoms with E-state index in [4.69, 9.17) is 0 Å². The van der Waals surface area contributed by atoms with Crippen molar-refractivity contribution in [1.29, 1.82) is 0 Å². The molecule has 0 atom stereocenters. The van der Waals surface area contributed by atoms with Crippen molar-refractivity contribution >= 4 is 10.9 Å². The molecule has 1 N–H and O–H groups in total. The lowest BCUT2D eigenvalue weighted by atomic mass is 10.1. The van der Waals surface area contributed by atoms with Gasteiger partial charge in [-0.25, -0.2) is 4.39 Å². The van der Waals surface area contributed by atoms with Gasteiger partial charge in [0, 0.05) is 16.6 Å². The molecule has 0 amide bonds. The van der Waals surface area contributed by atoms with E-state index in [2.05, 4.69) is 4.98 Å². The quantitative estimate of drug-likeness (QED) is 0.699. The van der Waals surface area contributed by atoms with Crippen LogP contribution in [0.3, 0.4) is 0 Å². The van der Waals surface area contributed by atoms with Crippen molar-refractivity contribution in [3.63, 3.8) is 0 Å². The average molecular weight is 203 g/mol. The third-order valence-electron chi connectivity index (χ3n) is 3.00. The third kappa shape index (κ3) is 1.19. The van der Waals surface area contributed by atoms with Crippen LogP contribution in [0.2, 0.25) is 0 Å². The zero-order chi connectivity index (χ0) is 10.4. The lowest BCUT2D eigenvalue weighted by Gasteiger charge is -2.03. The fraction of sp³-hybridized carbons (Fsp3) is 0.250. The van der Waals surface area contributed by atoms with Crippen molar-refractivity contribution in [3.8, 4) is 0 Å². The van der Waals surface area contributed by atoms with Gasteiger partial charge in [0.15, 0.2) is 5.43 Å². The highest BCUT2D eigenvalue weighted by Gasteiger charge is 2.16. The molecule has 2 aromatic rings. The topological polar surface area (TPSA) is 32.9 Å². The molecule has 0 spiro atoms.